The number of terminal acetylenes is 1. The topological polar surface area (TPSA) is 43.4 Å². The maximum absolute atomic E-state index is 10.9. The molecule has 0 aromatic carbocycles. The van der Waals surface area contributed by atoms with Crippen molar-refractivity contribution in [3.63, 3.8) is 0 Å². The lowest BCUT2D eigenvalue weighted by atomic mass is 10.2. The minimum atomic E-state index is -0.492. The van der Waals surface area contributed by atoms with Crippen molar-refractivity contribution >= 4 is 11.9 Å². The van der Waals surface area contributed by atoms with Crippen molar-refractivity contribution in [2.75, 3.05) is 0 Å². The van der Waals surface area contributed by atoms with Crippen LogP contribution in [0, 0.1) is 18.3 Å². The standard InChI is InChI=1S/C10H14O3/c1-4-5-6-7-9(11)13-10(12)8(2)3/h1,8H,5-7H2,2-3H3. The number of unbranched alkanes of at least 4 members (excludes halogenated alkanes) is 1. The highest BCUT2D eigenvalue weighted by Crippen LogP contribution is 2.01. The summed E-state index contributed by atoms with van der Waals surface area (Å²) < 4.78 is 4.51. The zero-order valence-corrected chi connectivity index (χ0v) is 8.00. The lowest BCUT2D eigenvalue weighted by molar-refractivity contribution is -0.161. The van der Waals surface area contributed by atoms with E-state index in [1.807, 2.05) is 0 Å². The van der Waals surface area contributed by atoms with Crippen LogP contribution in [0.2, 0.25) is 0 Å². The second-order valence-electron chi connectivity index (χ2n) is 3.01. The number of carbonyl (C=O) groups is 2. The smallest absolute Gasteiger partial charge is 0.316 e. The van der Waals surface area contributed by atoms with Crippen molar-refractivity contribution in [2.24, 2.45) is 5.92 Å². The molecule has 0 bridgehead atoms. The van der Waals surface area contributed by atoms with Gasteiger partial charge in [0, 0.05) is 12.8 Å². The van der Waals surface area contributed by atoms with Crippen LogP contribution < -0.4 is 0 Å². The molecule has 0 aliphatic rings. The lowest BCUT2D eigenvalue weighted by Crippen LogP contribution is -2.16. The second kappa shape index (κ2) is 6.24. The molecule has 0 unspecified atom stereocenters. The van der Waals surface area contributed by atoms with E-state index in [-0.39, 0.29) is 12.3 Å². The molecule has 0 N–H and O–H groups in total. The molecule has 0 heterocycles. The van der Waals surface area contributed by atoms with E-state index in [1.165, 1.54) is 0 Å². The summed E-state index contributed by atoms with van der Waals surface area (Å²) in [4.78, 5) is 21.8. The van der Waals surface area contributed by atoms with Crippen molar-refractivity contribution in [3.8, 4) is 12.3 Å². The van der Waals surface area contributed by atoms with E-state index in [2.05, 4.69) is 10.7 Å². The average Bonchev–Trinajstić information content (AvgIpc) is 2.04. The molecule has 0 atom stereocenters. The molecular formula is C10H14O3. The Kier molecular flexibility index (Phi) is 5.62. The van der Waals surface area contributed by atoms with E-state index in [0.29, 0.717) is 12.8 Å². The summed E-state index contributed by atoms with van der Waals surface area (Å²) in [6.07, 6.45) is 6.31. The first-order valence-corrected chi connectivity index (χ1v) is 4.26. The number of ether oxygens (including phenoxy) is 1. The number of carbonyl (C=O) groups excluding carboxylic acids is 2. The van der Waals surface area contributed by atoms with Gasteiger partial charge in [-0.25, -0.2) is 0 Å². The van der Waals surface area contributed by atoms with Gasteiger partial charge >= 0.3 is 11.9 Å². The minimum Gasteiger partial charge on any atom is -0.393 e. The molecule has 0 aromatic rings. The fourth-order valence-corrected chi connectivity index (χ4v) is 0.616. The monoisotopic (exact) mass is 182 g/mol. The van der Waals surface area contributed by atoms with E-state index < -0.39 is 11.9 Å². The molecule has 0 aliphatic carbocycles. The van der Waals surface area contributed by atoms with Gasteiger partial charge in [0.2, 0.25) is 0 Å². The van der Waals surface area contributed by atoms with Gasteiger partial charge in [-0.3, -0.25) is 9.59 Å². The van der Waals surface area contributed by atoms with Crippen LogP contribution in [0.3, 0.4) is 0 Å². The van der Waals surface area contributed by atoms with Crippen LogP contribution in [-0.2, 0) is 14.3 Å². The maximum atomic E-state index is 10.9. The average molecular weight is 182 g/mol. The zero-order valence-electron chi connectivity index (χ0n) is 8.00. The Bertz CT molecular complexity index is 223. The fraction of sp³-hybridized carbons (Fsp3) is 0.600. The lowest BCUT2D eigenvalue weighted by Gasteiger charge is -2.03. The highest BCUT2D eigenvalue weighted by Gasteiger charge is 2.13. The molecule has 0 saturated heterocycles. The molecule has 0 rings (SSSR count). The van der Waals surface area contributed by atoms with Gasteiger partial charge in [-0.05, 0) is 6.42 Å². The number of esters is 2. The fourth-order valence-electron chi connectivity index (χ4n) is 0.616. The normalized spacial score (nSPS) is 9.38. The summed E-state index contributed by atoms with van der Waals surface area (Å²) in [5, 5.41) is 0. The molecule has 0 saturated carbocycles. The first kappa shape index (κ1) is 11.7. The maximum Gasteiger partial charge on any atom is 0.316 e. The van der Waals surface area contributed by atoms with Crippen molar-refractivity contribution in [1.29, 1.82) is 0 Å². The molecule has 13 heavy (non-hydrogen) atoms. The van der Waals surface area contributed by atoms with Gasteiger partial charge in [0.25, 0.3) is 0 Å². The highest BCUT2D eigenvalue weighted by molar-refractivity contribution is 5.86. The SMILES string of the molecule is C#CCCCC(=O)OC(=O)C(C)C. The van der Waals surface area contributed by atoms with Gasteiger partial charge in [-0.2, -0.15) is 0 Å². The third-order valence-corrected chi connectivity index (χ3v) is 1.39. The van der Waals surface area contributed by atoms with Crippen LogP contribution in [0.15, 0.2) is 0 Å². The zero-order chi connectivity index (χ0) is 10.3. The minimum absolute atomic E-state index is 0.211. The Morgan fingerprint density at radius 2 is 2.08 bits per heavy atom. The first-order chi connectivity index (χ1) is 6.07. The molecule has 0 spiro atoms. The Balaban J connectivity index is 3.64. The van der Waals surface area contributed by atoms with E-state index >= 15 is 0 Å². The number of hydrogen-bond donors (Lipinski definition) is 0. The first-order valence-electron chi connectivity index (χ1n) is 4.26. The van der Waals surface area contributed by atoms with Gasteiger partial charge in [-0.1, -0.05) is 13.8 Å². The molecule has 0 aliphatic heterocycles. The van der Waals surface area contributed by atoms with Gasteiger partial charge < -0.3 is 4.74 Å². The Hall–Kier alpha value is -1.30. The molecule has 72 valence electrons. The predicted octanol–water partition coefficient (Wildman–Crippen LogP) is 1.52. The highest BCUT2D eigenvalue weighted by atomic mass is 16.6. The molecule has 0 fully saturated rings. The Labute approximate surface area is 78.5 Å². The largest absolute Gasteiger partial charge is 0.393 e. The molecule has 0 aromatic heterocycles. The van der Waals surface area contributed by atoms with Gasteiger partial charge in [0.15, 0.2) is 0 Å². The van der Waals surface area contributed by atoms with Crippen molar-refractivity contribution < 1.29 is 14.3 Å². The summed E-state index contributed by atoms with van der Waals surface area (Å²) >= 11 is 0. The summed E-state index contributed by atoms with van der Waals surface area (Å²) in [7, 11) is 0. The van der Waals surface area contributed by atoms with Crippen LogP contribution >= 0.6 is 0 Å². The molecule has 3 heteroatoms. The summed E-state index contributed by atoms with van der Waals surface area (Å²) in [5.74, 6) is 1.17. The quantitative estimate of drug-likeness (QED) is 0.286. The van der Waals surface area contributed by atoms with Crippen LogP contribution in [0.4, 0.5) is 0 Å². The van der Waals surface area contributed by atoms with Crippen LogP contribution in [0.25, 0.3) is 0 Å². The van der Waals surface area contributed by atoms with Gasteiger partial charge in [0.1, 0.15) is 0 Å². The molecule has 0 radical (unpaired) electrons. The Morgan fingerprint density at radius 1 is 1.46 bits per heavy atom. The van der Waals surface area contributed by atoms with E-state index in [4.69, 9.17) is 6.42 Å². The molecule has 0 amide bonds. The van der Waals surface area contributed by atoms with E-state index in [1.54, 1.807) is 13.8 Å². The third-order valence-electron chi connectivity index (χ3n) is 1.39. The van der Waals surface area contributed by atoms with Crippen molar-refractivity contribution in [1.82, 2.24) is 0 Å². The van der Waals surface area contributed by atoms with Gasteiger partial charge in [0.05, 0.1) is 5.92 Å². The predicted molar refractivity (Wildman–Crippen MR) is 48.6 cm³/mol. The van der Waals surface area contributed by atoms with E-state index in [0.717, 1.165) is 0 Å². The molecular weight excluding hydrogens is 168 g/mol. The summed E-state index contributed by atoms with van der Waals surface area (Å²) in [6, 6.07) is 0. The van der Waals surface area contributed by atoms with Crippen LogP contribution in [-0.4, -0.2) is 11.9 Å². The number of rotatable bonds is 4. The third kappa shape index (κ3) is 5.92. The summed E-state index contributed by atoms with van der Waals surface area (Å²) in [6.45, 7) is 3.36. The van der Waals surface area contributed by atoms with Crippen LogP contribution in [0.5, 0.6) is 0 Å². The van der Waals surface area contributed by atoms with Crippen molar-refractivity contribution in [3.05, 3.63) is 0 Å². The number of hydrogen-bond acceptors (Lipinski definition) is 3. The Morgan fingerprint density at radius 3 is 2.54 bits per heavy atom. The van der Waals surface area contributed by atoms with Crippen molar-refractivity contribution in [2.45, 2.75) is 33.1 Å². The summed E-state index contributed by atoms with van der Waals surface area (Å²) in [5.41, 5.74) is 0. The van der Waals surface area contributed by atoms with Gasteiger partial charge in [-0.15, -0.1) is 12.3 Å². The van der Waals surface area contributed by atoms with Crippen LogP contribution in [0.1, 0.15) is 33.1 Å². The van der Waals surface area contributed by atoms with E-state index in [9.17, 15) is 9.59 Å². The second-order valence-corrected chi connectivity index (χ2v) is 3.01. The molecule has 3 nitrogen and oxygen atoms in total.